The lowest BCUT2D eigenvalue weighted by Crippen LogP contribution is -2.30. The van der Waals surface area contributed by atoms with Crippen molar-refractivity contribution >= 4 is 33.2 Å². The van der Waals surface area contributed by atoms with Gasteiger partial charge in [0.05, 0.1) is 12.1 Å². The molecule has 3 aromatic carbocycles. The van der Waals surface area contributed by atoms with Gasteiger partial charge in [0.1, 0.15) is 15.7 Å². The first-order valence-electron chi connectivity index (χ1n) is 8.53. The topological polar surface area (TPSA) is 46.6 Å². The Morgan fingerprint density at radius 2 is 1.29 bits per heavy atom. The molecule has 0 radical (unpaired) electrons. The number of rotatable bonds is 7. The highest BCUT2D eigenvalue weighted by Gasteiger charge is 2.29. The van der Waals surface area contributed by atoms with Crippen LogP contribution in [0.15, 0.2) is 77.7 Å². The van der Waals surface area contributed by atoms with Gasteiger partial charge in [-0.25, -0.2) is 8.42 Å². The Balaban J connectivity index is 2.04. The lowest BCUT2D eigenvalue weighted by Gasteiger charge is -2.23. The number of ether oxygens (including phenoxy) is 1. The monoisotopic (exact) mass is 435 g/mol. The van der Waals surface area contributed by atoms with Crippen molar-refractivity contribution in [1.29, 1.82) is 0 Å². The van der Waals surface area contributed by atoms with E-state index in [0.717, 1.165) is 11.1 Å². The molecule has 0 aromatic heterocycles. The second-order valence-corrected chi connectivity index (χ2v) is 8.80. The lowest BCUT2D eigenvalue weighted by molar-refractivity contribution is 0.400. The summed E-state index contributed by atoms with van der Waals surface area (Å²) in [6, 6.07) is 21.7. The molecule has 146 valence electrons. The Morgan fingerprint density at radius 1 is 0.786 bits per heavy atom. The molecule has 0 fully saturated rings. The Morgan fingerprint density at radius 3 is 1.75 bits per heavy atom. The lowest BCUT2D eigenvalue weighted by atomic mass is 10.2. The second kappa shape index (κ2) is 8.97. The zero-order valence-corrected chi connectivity index (χ0v) is 17.5. The molecule has 0 saturated heterocycles. The molecule has 3 rings (SSSR count). The normalized spacial score (nSPS) is 11.6. The van der Waals surface area contributed by atoms with Crippen molar-refractivity contribution < 1.29 is 13.2 Å². The van der Waals surface area contributed by atoms with E-state index in [2.05, 4.69) is 0 Å². The van der Waals surface area contributed by atoms with Crippen LogP contribution in [0.2, 0.25) is 10.0 Å². The van der Waals surface area contributed by atoms with Crippen molar-refractivity contribution in [3.05, 3.63) is 94.0 Å². The fraction of sp³-hybridized carbons (Fsp3) is 0.143. The summed E-state index contributed by atoms with van der Waals surface area (Å²) < 4.78 is 33.4. The summed E-state index contributed by atoms with van der Waals surface area (Å²) in [7, 11) is -2.47. The number of sulfonamides is 1. The molecule has 0 atom stereocenters. The molecule has 0 N–H and O–H groups in total. The Kier molecular flexibility index (Phi) is 6.62. The van der Waals surface area contributed by atoms with Crippen LogP contribution in [0.4, 0.5) is 0 Å². The number of nitrogens with zero attached hydrogens (tertiary/aromatic N) is 1. The molecule has 0 saturated carbocycles. The predicted octanol–water partition coefficient (Wildman–Crippen LogP) is 5.39. The van der Waals surface area contributed by atoms with Crippen LogP contribution in [0.3, 0.4) is 0 Å². The van der Waals surface area contributed by atoms with E-state index in [0.29, 0.717) is 5.75 Å². The van der Waals surface area contributed by atoms with Crippen LogP contribution in [0, 0.1) is 0 Å². The van der Waals surface area contributed by atoms with Gasteiger partial charge in [-0.3, -0.25) is 0 Å². The summed E-state index contributed by atoms with van der Waals surface area (Å²) in [6.07, 6.45) is 0. The number of halogens is 2. The smallest absolute Gasteiger partial charge is 0.245 e. The SMILES string of the molecule is COc1ccc(S(=O)(=O)N(Cc2ccccc2)Cc2ccccc2)c(Cl)c1Cl. The first kappa shape index (κ1) is 20.7. The van der Waals surface area contributed by atoms with Crippen molar-refractivity contribution in [3.63, 3.8) is 0 Å². The van der Waals surface area contributed by atoms with Gasteiger partial charge in [-0.2, -0.15) is 4.31 Å². The van der Waals surface area contributed by atoms with Crippen LogP contribution in [0.25, 0.3) is 0 Å². The van der Waals surface area contributed by atoms with E-state index in [4.69, 9.17) is 27.9 Å². The van der Waals surface area contributed by atoms with E-state index in [1.165, 1.54) is 23.5 Å². The molecule has 0 spiro atoms. The average molecular weight is 436 g/mol. The number of hydrogen-bond donors (Lipinski definition) is 0. The van der Waals surface area contributed by atoms with E-state index in [1.807, 2.05) is 60.7 Å². The average Bonchev–Trinajstić information content (AvgIpc) is 2.71. The summed E-state index contributed by atoms with van der Waals surface area (Å²) in [4.78, 5) is -0.0492. The first-order valence-corrected chi connectivity index (χ1v) is 10.7. The Hall–Kier alpha value is -2.05. The van der Waals surface area contributed by atoms with Gasteiger partial charge >= 0.3 is 0 Å². The van der Waals surface area contributed by atoms with Crippen LogP contribution in [-0.4, -0.2) is 19.8 Å². The van der Waals surface area contributed by atoms with Crippen molar-refractivity contribution in [1.82, 2.24) is 4.31 Å². The van der Waals surface area contributed by atoms with Crippen LogP contribution in [0.5, 0.6) is 5.75 Å². The van der Waals surface area contributed by atoms with Gasteiger partial charge in [0, 0.05) is 13.1 Å². The molecule has 0 amide bonds. The molecule has 0 aliphatic rings. The van der Waals surface area contributed by atoms with Crippen molar-refractivity contribution in [2.24, 2.45) is 0 Å². The minimum Gasteiger partial charge on any atom is -0.495 e. The van der Waals surface area contributed by atoms with Crippen molar-refractivity contribution in [3.8, 4) is 5.75 Å². The van der Waals surface area contributed by atoms with Gasteiger partial charge in [-0.05, 0) is 23.3 Å². The fourth-order valence-corrected chi connectivity index (χ4v) is 5.04. The van der Waals surface area contributed by atoms with Crippen molar-refractivity contribution in [2.45, 2.75) is 18.0 Å². The molecular weight excluding hydrogens is 417 g/mol. The maximum Gasteiger partial charge on any atom is 0.245 e. The predicted molar refractivity (Wildman–Crippen MR) is 112 cm³/mol. The third-order valence-electron chi connectivity index (χ3n) is 4.25. The first-order chi connectivity index (χ1) is 13.4. The van der Waals surface area contributed by atoms with Crippen LogP contribution < -0.4 is 4.74 Å². The standard InChI is InChI=1S/C21H19Cl2NO3S/c1-27-18-12-13-19(21(23)20(18)22)28(25,26)24(14-16-8-4-2-5-9-16)15-17-10-6-3-7-11-17/h2-13H,14-15H2,1H3. The zero-order chi connectivity index (χ0) is 20.1. The van der Waals surface area contributed by atoms with Crippen LogP contribution in [-0.2, 0) is 23.1 Å². The fourth-order valence-electron chi connectivity index (χ4n) is 2.81. The van der Waals surface area contributed by atoms with E-state index in [1.54, 1.807) is 0 Å². The van der Waals surface area contributed by atoms with Gasteiger partial charge in [0.15, 0.2) is 0 Å². The molecule has 0 aliphatic carbocycles. The minimum absolute atomic E-state index is 0.0489. The number of methoxy groups -OCH3 is 1. The summed E-state index contributed by atoms with van der Waals surface area (Å²) in [5.74, 6) is 0.322. The summed E-state index contributed by atoms with van der Waals surface area (Å²) in [5.41, 5.74) is 1.75. The second-order valence-electron chi connectivity index (χ2n) is 6.14. The summed E-state index contributed by atoms with van der Waals surface area (Å²) in [5, 5.41) is 0.0248. The van der Waals surface area contributed by atoms with E-state index < -0.39 is 10.0 Å². The third-order valence-corrected chi connectivity index (χ3v) is 7.06. The molecule has 0 heterocycles. The highest BCUT2D eigenvalue weighted by Crippen LogP contribution is 2.38. The Labute approximate surface area is 175 Å². The molecule has 3 aromatic rings. The Bertz CT molecular complexity index is 1000. The molecular formula is C21H19Cl2NO3S. The highest BCUT2D eigenvalue weighted by atomic mass is 35.5. The summed E-state index contributed by atoms with van der Waals surface area (Å²) >= 11 is 12.5. The maximum absolute atomic E-state index is 13.5. The van der Waals surface area contributed by atoms with Gasteiger partial charge in [-0.15, -0.1) is 0 Å². The highest BCUT2D eigenvalue weighted by molar-refractivity contribution is 7.89. The van der Waals surface area contributed by atoms with Gasteiger partial charge < -0.3 is 4.74 Å². The molecule has 0 unspecified atom stereocenters. The van der Waals surface area contributed by atoms with E-state index in [-0.39, 0.29) is 28.0 Å². The molecule has 0 bridgehead atoms. The maximum atomic E-state index is 13.5. The van der Waals surface area contributed by atoms with Gasteiger partial charge in [0.2, 0.25) is 10.0 Å². The third kappa shape index (κ3) is 4.50. The number of hydrogen-bond acceptors (Lipinski definition) is 3. The van der Waals surface area contributed by atoms with E-state index in [9.17, 15) is 8.42 Å². The quantitative estimate of drug-likeness (QED) is 0.499. The van der Waals surface area contributed by atoms with Gasteiger partial charge in [-0.1, -0.05) is 83.9 Å². The molecule has 4 nitrogen and oxygen atoms in total. The van der Waals surface area contributed by atoms with Crippen LogP contribution >= 0.6 is 23.2 Å². The molecule has 28 heavy (non-hydrogen) atoms. The minimum atomic E-state index is -3.91. The summed E-state index contributed by atoms with van der Waals surface area (Å²) in [6.45, 7) is 0.413. The zero-order valence-electron chi connectivity index (χ0n) is 15.2. The largest absolute Gasteiger partial charge is 0.495 e. The van der Waals surface area contributed by atoms with Crippen molar-refractivity contribution in [2.75, 3.05) is 7.11 Å². The van der Waals surface area contributed by atoms with Gasteiger partial charge in [0.25, 0.3) is 0 Å². The molecule has 7 heteroatoms. The molecule has 0 aliphatic heterocycles. The number of benzene rings is 3. The van der Waals surface area contributed by atoms with Crippen LogP contribution in [0.1, 0.15) is 11.1 Å². The van der Waals surface area contributed by atoms with E-state index >= 15 is 0 Å².